The van der Waals surface area contributed by atoms with Crippen LogP contribution >= 0.6 is 0 Å². The average Bonchev–Trinajstić information content (AvgIpc) is 2.85. The molecule has 1 aromatic rings. The molecular formula is C15H24N2O2. The van der Waals surface area contributed by atoms with Crippen LogP contribution in [-0.2, 0) is 0 Å². The van der Waals surface area contributed by atoms with Crippen molar-refractivity contribution in [1.82, 2.24) is 4.90 Å². The minimum Gasteiger partial charge on any atom is -0.491 e. The fourth-order valence-corrected chi connectivity index (χ4v) is 2.62. The van der Waals surface area contributed by atoms with Gasteiger partial charge >= 0.3 is 0 Å². The van der Waals surface area contributed by atoms with Crippen LogP contribution in [-0.4, -0.2) is 42.9 Å². The third-order valence-corrected chi connectivity index (χ3v) is 3.70. The minimum absolute atomic E-state index is 0.314. The van der Waals surface area contributed by atoms with Crippen LogP contribution in [0, 0.1) is 5.92 Å². The van der Waals surface area contributed by atoms with Gasteiger partial charge < -0.3 is 20.5 Å². The van der Waals surface area contributed by atoms with Gasteiger partial charge in [-0.3, -0.25) is 0 Å². The maximum Gasteiger partial charge on any atom is 0.142 e. The number of nitrogen functional groups attached to an aromatic ring is 1. The van der Waals surface area contributed by atoms with E-state index in [0.29, 0.717) is 24.8 Å². The molecule has 106 valence electrons. The standard InChI is InChI=1S/C15H24N2O2/c16-14-4-1-2-5-15(14)19-11-3-8-17-9-6-13(12-17)7-10-18/h1-2,4-5,13,18H,3,6-12,16H2. The molecule has 1 unspecified atom stereocenters. The summed E-state index contributed by atoms with van der Waals surface area (Å²) in [5.41, 5.74) is 6.52. The molecule has 2 rings (SSSR count). The SMILES string of the molecule is Nc1ccccc1OCCCN1CCC(CCO)C1. The summed E-state index contributed by atoms with van der Waals surface area (Å²) in [4.78, 5) is 2.46. The molecular weight excluding hydrogens is 240 g/mol. The van der Waals surface area contributed by atoms with E-state index in [0.717, 1.165) is 38.2 Å². The Hall–Kier alpha value is -1.26. The zero-order valence-electron chi connectivity index (χ0n) is 11.4. The Morgan fingerprint density at radius 3 is 3.00 bits per heavy atom. The molecule has 0 aromatic heterocycles. The number of ether oxygens (including phenoxy) is 1. The molecule has 19 heavy (non-hydrogen) atoms. The van der Waals surface area contributed by atoms with Gasteiger partial charge in [0.25, 0.3) is 0 Å². The fourth-order valence-electron chi connectivity index (χ4n) is 2.62. The molecule has 0 aliphatic carbocycles. The highest BCUT2D eigenvalue weighted by Crippen LogP contribution is 2.21. The number of benzene rings is 1. The summed E-state index contributed by atoms with van der Waals surface area (Å²) in [5, 5.41) is 8.93. The Morgan fingerprint density at radius 1 is 1.37 bits per heavy atom. The summed E-state index contributed by atoms with van der Waals surface area (Å²) < 4.78 is 5.68. The zero-order valence-corrected chi connectivity index (χ0v) is 11.4. The predicted octanol–water partition coefficient (Wildman–Crippen LogP) is 1.74. The first-order valence-corrected chi connectivity index (χ1v) is 7.10. The molecule has 4 nitrogen and oxygen atoms in total. The number of hydrogen-bond donors (Lipinski definition) is 2. The van der Waals surface area contributed by atoms with Crippen LogP contribution in [0.2, 0.25) is 0 Å². The van der Waals surface area contributed by atoms with Crippen LogP contribution in [0.25, 0.3) is 0 Å². The van der Waals surface area contributed by atoms with E-state index in [1.54, 1.807) is 0 Å². The molecule has 1 aliphatic heterocycles. The van der Waals surface area contributed by atoms with E-state index in [2.05, 4.69) is 4.90 Å². The number of nitrogens with zero attached hydrogens (tertiary/aromatic N) is 1. The monoisotopic (exact) mass is 264 g/mol. The van der Waals surface area contributed by atoms with Gasteiger partial charge in [-0.15, -0.1) is 0 Å². The molecule has 0 amide bonds. The second kappa shape index (κ2) is 7.36. The summed E-state index contributed by atoms with van der Waals surface area (Å²) in [6, 6.07) is 7.61. The highest BCUT2D eigenvalue weighted by Gasteiger charge is 2.21. The van der Waals surface area contributed by atoms with Crippen LogP contribution in [0.15, 0.2) is 24.3 Å². The third-order valence-electron chi connectivity index (χ3n) is 3.70. The molecule has 0 spiro atoms. The number of rotatable bonds is 7. The van der Waals surface area contributed by atoms with E-state index in [9.17, 15) is 0 Å². The van der Waals surface area contributed by atoms with Gasteiger partial charge in [0, 0.05) is 19.7 Å². The van der Waals surface area contributed by atoms with E-state index < -0.39 is 0 Å². The quantitative estimate of drug-likeness (QED) is 0.582. The van der Waals surface area contributed by atoms with E-state index in [1.165, 1.54) is 6.42 Å². The molecule has 0 radical (unpaired) electrons. The Morgan fingerprint density at radius 2 is 2.21 bits per heavy atom. The number of anilines is 1. The zero-order chi connectivity index (χ0) is 13.5. The lowest BCUT2D eigenvalue weighted by Crippen LogP contribution is -2.23. The largest absolute Gasteiger partial charge is 0.491 e. The summed E-state index contributed by atoms with van der Waals surface area (Å²) >= 11 is 0. The van der Waals surface area contributed by atoms with Gasteiger partial charge in [-0.1, -0.05) is 12.1 Å². The van der Waals surface area contributed by atoms with Crippen molar-refractivity contribution in [3.05, 3.63) is 24.3 Å². The second-order valence-electron chi connectivity index (χ2n) is 5.21. The number of nitrogens with two attached hydrogens (primary N) is 1. The molecule has 0 bridgehead atoms. The van der Waals surface area contributed by atoms with Gasteiger partial charge in [0.2, 0.25) is 0 Å². The Kier molecular flexibility index (Phi) is 5.48. The first-order chi connectivity index (χ1) is 9.29. The van der Waals surface area contributed by atoms with Crippen LogP contribution in [0.5, 0.6) is 5.75 Å². The van der Waals surface area contributed by atoms with Gasteiger partial charge in [-0.25, -0.2) is 0 Å². The average molecular weight is 264 g/mol. The van der Waals surface area contributed by atoms with E-state index in [1.807, 2.05) is 24.3 Å². The van der Waals surface area contributed by atoms with Gasteiger partial charge in [-0.05, 0) is 43.9 Å². The van der Waals surface area contributed by atoms with Gasteiger partial charge in [0.1, 0.15) is 5.75 Å². The Balaban J connectivity index is 1.61. The Labute approximate surface area is 115 Å². The van der Waals surface area contributed by atoms with Crippen LogP contribution in [0.1, 0.15) is 19.3 Å². The van der Waals surface area contributed by atoms with Crippen molar-refractivity contribution in [2.45, 2.75) is 19.3 Å². The van der Waals surface area contributed by atoms with E-state index >= 15 is 0 Å². The first-order valence-electron chi connectivity index (χ1n) is 7.10. The molecule has 1 saturated heterocycles. The lowest BCUT2D eigenvalue weighted by molar-refractivity contribution is 0.239. The van der Waals surface area contributed by atoms with E-state index in [-0.39, 0.29) is 0 Å². The first kappa shape index (κ1) is 14.2. The van der Waals surface area contributed by atoms with Crippen molar-refractivity contribution < 1.29 is 9.84 Å². The molecule has 0 saturated carbocycles. The molecule has 4 heteroatoms. The second-order valence-corrected chi connectivity index (χ2v) is 5.21. The van der Waals surface area contributed by atoms with Crippen molar-refractivity contribution in [3.8, 4) is 5.75 Å². The fraction of sp³-hybridized carbons (Fsp3) is 0.600. The maximum atomic E-state index is 8.93. The molecule has 1 aliphatic rings. The number of para-hydroxylation sites is 2. The number of hydrogen-bond acceptors (Lipinski definition) is 4. The summed E-state index contributed by atoms with van der Waals surface area (Å²) in [6.07, 6.45) is 3.17. The van der Waals surface area contributed by atoms with Gasteiger partial charge in [0.05, 0.1) is 12.3 Å². The minimum atomic E-state index is 0.314. The normalized spacial score (nSPS) is 19.7. The molecule has 1 fully saturated rings. The van der Waals surface area contributed by atoms with Crippen LogP contribution in [0.4, 0.5) is 5.69 Å². The molecule has 1 heterocycles. The summed E-state index contributed by atoms with van der Waals surface area (Å²) in [7, 11) is 0. The number of aliphatic hydroxyl groups is 1. The van der Waals surface area contributed by atoms with Crippen LogP contribution in [0.3, 0.4) is 0 Å². The predicted molar refractivity (Wildman–Crippen MR) is 77.2 cm³/mol. The number of likely N-dealkylation sites (tertiary alicyclic amines) is 1. The summed E-state index contributed by atoms with van der Waals surface area (Å²) in [6.45, 7) is 4.35. The summed E-state index contributed by atoms with van der Waals surface area (Å²) in [5.74, 6) is 1.46. The lowest BCUT2D eigenvalue weighted by atomic mass is 10.1. The van der Waals surface area contributed by atoms with Crippen molar-refractivity contribution in [2.75, 3.05) is 38.6 Å². The van der Waals surface area contributed by atoms with Gasteiger partial charge in [0.15, 0.2) is 0 Å². The number of aliphatic hydroxyl groups excluding tert-OH is 1. The van der Waals surface area contributed by atoms with Crippen molar-refractivity contribution >= 4 is 5.69 Å². The maximum absolute atomic E-state index is 8.93. The highest BCUT2D eigenvalue weighted by molar-refractivity contribution is 5.51. The van der Waals surface area contributed by atoms with Crippen LogP contribution < -0.4 is 10.5 Å². The third kappa shape index (κ3) is 4.40. The van der Waals surface area contributed by atoms with Gasteiger partial charge in [-0.2, -0.15) is 0 Å². The van der Waals surface area contributed by atoms with Crippen molar-refractivity contribution in [2.24, 2.45) is 5.92 Å². The van der Waals surface area contributed by atoms with Crippen molar-refractivity contribution in [3.63, 3.8) is 0 Å². The Bertz CT molecular complexity index is 384. The lowest BCUT2D eigenvalue weighted by Gasteiger charge is -2.16. The van der Waals surface area contributed by atoms with Crippen molar-refractivity contribution in [1.29, 1.82) is 0 Å². The topological polar surface area (TPSA) is 58.7 Å². The smallest absolute Gasteiger partial charge is 0.142 e. The molecule has 1 atom stereocenters. The molecule has 3 N–H and O–H groups in total. The molecule has 1 aromatic carbocycles. The highest BCUT2D eigenvalue weighted by atomic mass is 16.5. The van der Waals surface area contributed by atoms with E-state index in [4.69, 9.17) is 15.6 Å².